The van der Waals surface area contributed by atoms with E-state index in [-0.39, 0.29) is 24.0 Å². The molecule has 3 unspecified atom stereocenters. The van der Waals surface area contributed by atoms with Crippen molar-refractivity contribution in [3.05, 3.63) is 0 Å². The van der Waals surface area contributed by atoms with Crippen LogP contribution in [0.5, 0.6) is 0 Å². The van der Waals surface area contributed by atoms with Crippen LogP contribution in [-0.4, -0.2) is 61.4 Å². The summed E-state index contributed by atoms with van der Waals surface area (Å²) >= 11 is 0. The highest BCUT2D eigenvalue weighted by Gasteiger charge is 2.38. The molecule has 1 aliphatic heterocycles. The minimum Gasteiger partial charge on any atom is -0.389 e. The average molecular weight is 228 g/mol. The van der Waals surface area contributed by atoms with Crippen molar-refractivity contribution in [1.29, 1.82) is 0 Å². The van der Waals surface area contributed by atoms with E-state index in [9.17, 15) is 9.90 Å². The Morgan fingerprint density at radius 1 is 1.50 bits per heavy atom. The number of carbonyl (C=O) groups excluding carboxylic acids is 1. The molecule has 0 aromatic rings. The van der Waals surface area contributed by atoms with Crippen LogP contribution < -0.4 is 5.32 Å². The number of likely N-dealkylation sites (N-methyl/N-ethyl adjacent to an activating group) is 1. The van der Waals surface area contributed by atoms with Gasteiger partial charge in [0.2, 0.25) is 5.91 Å². The van der Waals surface area contributed by atoms with Gasteiger partial charge < -0.3 is 20.1 Å². The van der Waals surface area contributed by atoms with Crippen molar-refractivity contribution in [2.75, 3.05) is 27.2 Å². The van der Waals surface area contributed by atoms with Crippen LogP contribution in [0.1, 0.15) is 12.8 Å². The highest BCUT2D eigenvalue weighted by molar-refractivity contribution is 5.80. The number of hydrogen-bond donors (Lipinski definition) is 2. The molecule has 92 valence electrons. The maximum absolute atomic E-state index is 11.4. The third kappa shape index (κ3) is 2.53. The molecule has 1 aliphatic carbocycles. The number of hydrogen-bond acceptors (Lipinski definition) is 4. The molecule has 3 atom stereocenters. The number of nitrogens with one attached hydrogen (secondary N) is 1. The minimum absolute atomic E-state index is 0.0304. The third-order valence-corrected chi connectivity index (χ3v) is 3.35. The highest BCUT2D eigenvalue weighted by atomic mass is 16.5. The van der Waals surface area contributed by atoms with E-state index in [4.69, 9.17) is 4.74 Å². The molecule has 1 heterocycles. The number of nitrogens with zero attached hydrogens (tertiary/aromatic N) is 1. The predicted octanol–water partition coefficient (Wildman–Crippen LogP) is -0.797. The molecular weight excluding hydrogens is 208 g/mol. The van der Waals surface area contributed by atoms with Crippen LogP contribution in [0.2, 0.25) is 0 Å². The molecule has 0 aromatic heterocycles. The molecule has 0 radical (unpaired) electrons. The van der Waals surface area contributed by atoms with Gasteiger partial charge in [-0.2, -0.15) is 0 Å². The summed E-state index contributed by atoms with van der Waals surface area (Å²) in [5.41, 5.74) is 0. The van der Waals surface area contributed by atoms with Crippen molar-refractivity contribution in [3.63, 3.8) is 0 Å². The van der Waals surface area contributed by atoms with Gasteiger partial charge in [0.15, 0.2) is 0 Å². The number of aliphatic hydroxyl groups is 1. The van der Waals surface area contributed by atoms with Crippen molar-refractivity contribution < 1.29 is 14.6 Å². The summed E-state index contributed by atoms with van der Waals surface area (Å²) in [6.45, 7) is 0.943. The molecule has 2 aliphatic rings. The zero-order valence-electron chi connectivity index (χ0n) is 9.85. The first-order valence-electron chi connectivity index (χ1n) is 5.83. The first kappa shape index (κ1) is 11.8. The summed E-state index contributed by atoms with van der Waals surface area (Å²) in [7, 11) is 3.84. The molecule has 1 amide bonds. The van der Waals surface area contributed by atoms with E-state index in [2.05, 4.69) is 5.32 Å². The van der Waals surface area contributed by atoms with Gasteiger partial charge >= 0.3 is 0 Å². The lowest BCUT2D eigenvalue weighted by Crippen LogP contribution is -2.44. The summed E-state index contributed by atoms with van der Waals surface area (Å²) in [5, 5.41) is 12.8. The van der Waals surface area contributed by atoms with E-state index in [0.29, 0.717) is 13.2 Å². The maximum Gasteiger partial charge on any atom is 0.223 e. The highest BCUT2D eigenvalue weighted by Crippen LogP contribution is 2.28. The Labute approximate surface area is 95.8 Å². The van der Waals surface area contributed by atoms with E-state index in [0.717, 1.165) is 12.8 Å². The van der Waals surface area contributed by atoms with E-state index >= 15 is 0 Å². The second-order valence-corrected chi connectivity index (χ2v) is 4.91. The maximum atomic E-state index is 11.4. The molecule has 1 saturated carbocycles. The molecular formula is C11H20N2O3. The van der Waals surface area contributed by atoms with Crippen molar-refractivity contribution >= 4 is 5.91 Å². The summed E-state index contributed by atoms with van der Waals surface area (Å²) in [4.78, 5) is 13.4. The van der Waals surface area contributed by atoms with Gasteiger partial charge in [-0.15, -0.1) is 0 Å². The van der Waals surface area contributed by atoms with Crippen LogP contribution in [-0.2, 0) is 9.53 Å². The first-order chi connectivity index (χ1) is 7.59. The molecule has 0 spiro atoms. The van der Waals surface area contributed by atoms with E-state index < -0.39 is 6.10 Å². The quantitative estimate of drug-likeness (QED) is 0.661. The zero-order chi connectivity index (χ0) is 11.7. The van der Waals surface area contributed by atoms with Gasteiger partial charge in [-0.05, 0) is 26.9 Å². The molecule has 16 heavy (non-hydrogen) atoms. The van der Waals surface area contributed by atoms with Crippen LogP contribution in [0, 0.1) is 5.92 Å². The van der Waals surface area contributed by atoms with Gasteiger partial charge in [-0.3, -0.25) is 4.79 Å². The summed E-state index contributed by atoms with van der Waals surface area (Å²) in [6, 6.07) is 0.0304. The Bertz CT molecular complexity index is 266. The predicted molar refractivity (Wildman–Crippen MR) is 59.0 cm³/mol. The van der Waals surface area contributed by atoms with Crippen LogP contribution in [0.15, 0.2) is 0 Å². The van der Waals surface area contributed by atoms with Gasteiger partial charge in [0, 0.05) is 12.5 Å². The van der Waals surface area contributed by atoms with Gasteiger partial charge in [0.25, 0.3) is 0 Å². The van der Waals surface area contributed by atoms with Crippen LogP contribution >= 0.6 is 0 Å². The van der Waals surface area contributed by atoms with Crippen molar-refractivity contribution in [2.45, 2.75) is 31.1 Å². The van der Waals surface area contributed by atoms with Crippen LogP contribution in [0.4, 0.5) is 0 Å². The Morgan fingerprint density at radius 2 is 2.19 bits per heavy atom. The Morgan fingerprint density at radius 3 is 2.69 bits per heavy atom. The monoisotopic (exact) mass is 228 g/mol. The van der Waals surface area contributed by atoms with Gasteiger partial charge in [-0.1, -0.05) is 0 Å². The van der Waals surface area contributed by atoms with E-state index in [1.54, 1.807) is 0 Å². The summed E-state index contributed by atoms with van der Waals surface area (Å²) in [6.07, 6.45) is 1.21. The Balaban J connectivity index is 1.76. The van der Waals surface area contributed by atoms with Gasteiger partial charge in [0.05, 0.1) is 18.8 Å². The summed E-state index contributed by atoms with van der Waals surface area (Å²) < 4.78 is 5.48. The molecule has 2 N–H and O–H groups in total. The Kier molecular flexibility index (Phi) is 3.47. The normalized spacial score (nSPS) is 34.4. The fourth-order valence-corrected chi connectivity index (χ4v) is 1.99. The fraction of sp³-hybridized carbons (Fsp3) is 0.909. The minimum atomic E-state index is -0.519. The lowest BCUT2D eigenvalue weighted by Gasteiger charge is -2.22. The second kappa shape index (κ2) is 4.69. The lowest BCUT2D eigenvalue weighted by molar-refractivity contribution is -0.123. The summed E-state index contributed by atoms with van der Waals surface area (Å²) in [5.74, 6) is 0.312. The topological polar surface area (TPSA) is 61.8 Å². The van der Waals surface area contributed by atoms with Crippen LogP contribution in [0.3, 0.4) is 0 Å². The zero-order valence-corrected chi connectivity index (χ0v) is 9.85. The number of rotatable bonds is 4. The molecule has 0 bridgehead atoms. The van der Waals surface area contributed by atoms with E-state index in [1.807, 2.05) is 19.0 Å². The van der Waals surface area contributed by atoms with E-state index in [1.165, 1.54) is 0 Å². The molecule has 2 rings (SSSR count). The second-order valence-electron chi connectivity index (χ2n) is 4.91. The molecule has 0 aromatic carbocycles. The number of ether oxygens (including phenoxy) is 1. The largest absolute Gasteiger partial charge is 0.389 e. The molecule has 5 nitrogen and oxygen atoms in total. The van der Waals surface area contributed by atoms with Crippen LogP contribution in [0.25, 0.3) is 0 Å². The van der Waals surface area contributed by atoms with Gasteiger partial charge in [0.1, 0.15) is 6.10 Å². The van der Waals surface area contributed by atoms with Gasteiger partial charge in [-0.25, -0.2) is 0 Å². The smallest absolute Gasteiger partial charge is 0.223 e. The molecule has 5 heteroatoms. The molecule has 2 fully saturated rings. The third-order valence-electron chi connectivity index (χ3n) is 3.35. The van der Waals surface area contributed by atoms with Crippen molar-refractivity contribution in [1.82, 2.24) is 10.2 Å². The number of aliphatic hydroxyl groups excluding tert-OH is 1. The van der Waals surface area contributed by atoms with Crippen molar-refractivity contribution in [3.8, 4) is 0 Å². The number of carbonyl (C=O) groups is 1. The SMILES string of the molecule is CN(C)C1COC(CNC(=O)C2CC2)C1O. The van der Waals surface area contributed by atoms with Crippen molar-refractivity contribution in [2.24, 2.45) is 5.92 Å². The first-order valence-corrected chi connectivity index (χ1v) is 5.83. The molecule has 1 saturated heterocycles. The Hall–Kier alpha value is -0.650. The fourth-order valence-electron chi connectivity index (χ4n) is 1.99. The average Bonchev–Trinajstić information content (AvgIpc) is 3.00. The standard InChI is InChI=1S/C11H20N2O3/c1-13(2)8-6-16-9(10(8)14)5-12-11(15)7-3-4-7/h7-10,14H,3-6H2,1-2H3,(H,12,15). The lowest BCUT2D eigenvalue weighted by atomic mass is 10.1. The number of amides is 1.